The third-order valence-electron chi connectivity index (χ3n) is 10.8. The van der Waals surface area contributed by atoms with Crippen molar-refractivity contribution in [1.29, 1.82) is 0 Å². The molecule has 0 unspecified atom stereocenters. The van der Waals surface area contributed by atoms with E-state index in [-0.39, 0.29) is 59.3 Å². The minimum atomic E-state index is -1.04. The molecule has 0 saturated carbocycles. The topological polar surface area (TPSA) is 186 Å². The zero-order valence-corrected chi connectivity index (χ0v) is 40.2. The molecule has 0 radical (unpaired) electrons. The number of carbonyl (C=O) groups is 8. The average molecular weight is 869 g/mol. The van der Waals surface area contributed by atoms with Gasteiger partial charge in [0.2, 0.25) is 11.8 Å². The van der Waals surface area contributed by atoms with E-state index < -0.39 is 62.4 Å². The van der Waals surface area contributed by atoms with E-state index in [2.05, 4.69) is 38.3 Å². The molecule has 336 valence electrons. The van der Waals surface area contributed by atoms with Gasteiger partial charge < -0.3 is 20.3 Å². The lowest BCUT2D eigenvalue weighted by atomic mass is 9.78. The molecule has 16 heteroatoms. The van der Waals surface area contributed by atoms with Crippen molar-refractivity contribution in [3.8, 4) is 0 Å². The molecule has 14 nitrogen and oxygen atoms in total. The molecule has 0 aromatic heterocycles. The number of carbonyl (C=O) groups excluding carboxylic acids is 8. The minimum Gasteiger partial charge on any atom is -0.351 e. The highest BCUT2D eigenvalue weighted by Gasteiger charge is 2.43. The number of hydrogen-bond donors (Lipinski definition) is 2. The molecule has 5 amide bonds. The summed E-state index contributed by atoms with van der Waals surface area (Å²) in [7, 11) is 3.46. The van der Waals surface area contributed by atoms with Gasteiger partial charge in [-0.05, 0) is 122 Å². The van der Waals surface area contributed by atoms with Crippen LogP contribution < -0.4 is 10.6 Å². The molecule has 2 saturated heterocycles. The summed E-state index contributed by atoms with van der Waals surface area (Å²) in [5.74, 6) is -3.26. The molecule has 59 heavy (non-hydrogen) atoms. The zero-order valence-electron chi connectivity index (χ0n) is 38.6. The Morgan fingerprint density at radius 1 is 0.508 bits per heavy atom. The van der Waals surface area contributed by atoms with Crippen molar-refractivity contribution in [3.05, 3.63) is 0 Å². The van der Waals surface area contributed by atoms with Crippen LogP contribution in [0.4, 0.5) is 0 Å². The Morgan fingerprint density at radius 2 is 0.847 bits per heavy atom. The molecule has 2 heterocycles. The normalized spacial score (nSPS) is 16.7. The zero-order chi connectivity index (χ0) is 45.8. The number of rotatable bonds is 21. The van der Waals surface area contributed by atoms with Crippen molar-refractivity contribution < 1.29 is 48.0 Å². The average Bonchev–Trinajstić information content (AvgIpc) is 3.38. The number of hydroxylamine groups is 4. The standard InChI is InChI=1S/C43H72N4O10S2/c1-36(2,21-23-38(5,6)34(54)56-46-25-28(48)17-18-29(46)49)32(52)44-40(9,10)26-42(13,14)58-59-43(15,16)27-41(11,12)45-33(53)37(3,4)22-24-39(7,8)35(55)57-47-30(50)19-20-31(47)51/h17-27H2,1-16H3,(H,44,52)(H,45,53). The Hall–Kier alpha value is -3.14. The summed E-state index contributed by atoms with van der Waals surface area (Å²) >= 11 is 0. The SMILES string of the molecule is CC(C)(CC(C)(C)SSC(C)(C)CC(C)(C)NC(=O)C(C)(C)CCC(C)(C)C(=O)ON1C(=O)CCC1=O)NC(=O)C(C)(C)CCC(C)(C)C(=O)ON1CC(=O)CCC1=O. The molecule has 2 fully saturated rings. The summed E-state index contributed by atoms with van der Waals surface area (Å²) in [6, 6.07) is 0. The van der Waals surface area contributed by atoms with Gasteiger partial charge in [0, 0.05) is 57.1 Å². The second kappa shape index (κ2) is 18.9. The lowest BCUT2D eigenvalue weighted by Gasteiger charge is -2.41. The minimum absolute atomic E-state index is 0.0145. The molecule has 0 aliphatic carbocycles. The fraction of sp³-hybridized carbons (Fsp3) is 0.814. The monoisotopic (exact) mass is 868 g/mol. The molecule has 2 aliphatic rings. The summed E-state index contributed by atoms with van der Waals surface area (Å²) in [5, 5.41) is 7.87. The van der Waals surface area contributed by atoms with Gasteiger partial charge in [-0.3, -0.25) is 28.8 Å². The summed E-state index contributed by atoms with van der Waals surface area (Å²) in [4.78, 5) is 112. The fourth-order valence-corrected chi connectivity index (χ4v) is 10.0. The maximum absolute atomic E-state index is 13.7. The first-order chi connectivity index (χ1) is 26.4. The highest BCUT2D eigenvalue weighted by molar-refractivity contribution is 8.77. The molecule has 2 N–H and O–H groups in total. The van der Waals surface area contributed by atoms with Crippen LogP contribution in [0.5, 0.6) is 0 Å². The molecular formula is C43H72N4O10S2. The smallest absolute Gasteiger partial charge is 0.338 e. The Labute approximate surface area is 360 Å². The second-order valence-corrected chi connectivity index (χ2v) is 25.1. The molecule has 0 atom stereocenters. The fourth-order valence-electron chi connectivity index (χ4n) is 7.01. The quantitative estimate of drug-likeness (QED) is 0.0861. The van der Waals surface area contributed by atoms with Crippen molar-refractivity contribution >= 4 is 68.8 Å². The van der Waals surface area contributed by atoms with Crippen molar-refractivity contribution in [2.75, 3.05) is 6.54 Å². The van der Waals surface area contributed by atoms with E-state index in [4.69, 9.17) is 9.68 Å². The number of amides is 5. The van der Waals surface area contributed by atoms with Gasteiger partial charge in [-0.2, -0.15) is 5.06 Å². The first kappa shape index (κ1) is 52.0. The van der Waals surface area contributed by atoms with E-state index in [0.29, 0.717) is 43.6 Å². The highest BCUT2D eigenvalue weighted by Crippen LogP contribution is 2.49. The van der Waals surface area contributed by atoms with Crippen LogP contribution in [0.3, 0.4) is 0 Å². The van der Waals surface area contributed by atoms with E-state index in [1.54, 1.807) is 49.3 Å². The Balaban J connectivity index is 1.92. The maximum Gasteiger partial charge on any atom is 0.338 e. The van der Waals surface area contributed by atoms with Crippen LogP contribution in [0.25, 0.3) is 0 Å². The number of Topliss-reactive ketones (excluding diaryl/α,β-unsaturated/α-hetero) is 1. The number of imide groups is 1. The molecule has 0 aromatic rings. The van der Waals surface area contributed by atoms with Gasteiger partial charge in [-0.1, -0.05) is 49.3 Å². The number of ketones is 1. The Kier molecular flexibility index (Phi) is 16.6. The van der Waals surface area contributed by atoms with Crippen molar-refractivity contribution in [1.82, 2.24) is 20.8 Å². The third-order valence-corrected chi connectivity index (χ3v) is 15.0. The lowest BCUT2D eigenvalue weighted by Crippen LogP contribution is -2.52. The molecule has 0 spiro atoms. The first-order valence-corrected chi connectivity index (χ1v) is 22.7. The highest BCUT2D eigenvalue weighted by atomic mass is 33.1. The number of piperidine rings is 1. The lowest BCUT2D eigenvalue weighted by molar-refractivity contribution is -0.208. The predicted octanol–water partition coefficient (Wildman–Crippen LogP) is 7.42. The summed E-state index contributed by atoms with van der Waals surface area (Å²) < 4.78 is -0.528. The van der Waals surface area contributed by atoms with E-state index in [0.717, 1.165) is 5.06 Å². The predicted molar refractivity (Wildman–Crippen MR) is 230 cm³/mol. The number of nitrogens with zero attached hydrogens (tertiary/aromatic N) is 2. The third kappa shape index (κ3) is 16.0. The van der Waals surface area contributed by atoms with Crippen LogP contribution in [0.2, 0.25) is 0 Å². The molecule has 0 bridgehead atoms. The van der Waals surface area contributed by atoms with E-state index >= 15 is 0 Å². The van der Waals surface area contributed by atoms with E-state index in [1.165, 1.54) is 0 Å². The summed E-state index contributed by atoms with van der Waals surface area (Å²) in [6.07, 6.45) is 2.86. The second-order valence-electron chi connectivity index (χ2n) is 21.6. The van der Waals surface area contributed by atoms with Crippen LogP contribution in [0.15, 0.2) is 0 Å². The van der Waals surface area contributed by atoms with Crippen LogP contribution in [0, 0.1) is 21.7 Å². The first-order valence-electron chi connectivity index (χ1n) is 20.6. The van der Waals surface area contributed by atoms with Gasteiger partial charge >= 0.3 is 11.9 Å². The van der Waals surface area contributed by atoms with Gasteiger partial charge in [-0.25, -0.2) is 9.59 Å². The van der Waals surface area contributed by atoms with Gasteiger partial charge in [0.15, 0.2) is 5.78 Å². The molecule has 2 aliphatic heterocycles. The van der Waals surface area contributed by atoms with Crippen LogP contribution in [-0.4, -0.2) is 84.5 Å². The van der Waals surface area contributed by atoms with Crippen LogP contribution >= 0.6 is 21.6 Å². The van der Waals surface area contributed by atoms with Crippen molar-refractivity contribution in [2.45, 2.75) is 196 Å². The number of hydrogen-bond acceptors (Lipinski definition) is 12. The molecule has 0 aromatic carbocycles. The van der Waals surface area contributed by atoms with Gasteiger partial charge in [0.1, 0.15) is 6.54 Å². The van der Waals surface area contributed by atoms with Gasteiger partial charge in [0.25, 0.3) is 17.7 Å². The van der Waals surface area contributed by atoms with E-state index in [1.807, 2.05) is 55.4 Å². The van der Waals surface area contributed by atoms with Crippen molar-refractivity contribution in [2.24, 2.45) is 21.7 Å². The molecule has 2 rings (SSSR count). The largest absolute Gasteiger partial charge is 0.351 e. The Bertz CT molecular complexity index is 1630. The van der Waals surface area contributed by atoms with Gasteiger partial charge in [-0.15, -0.1) is 5.06 Å². The van der Waals surface area contributed by atoms with E-state index in [9.17, 15) is 38.4 Å². The van der Waals surface area contributed by atoms with Crippen molar-refractivity contribution in [3.63, 3.8) is 0 Å². The number of nitrogens with one attached hydrogen (secondary N) is 2. The summed E-state index contributed by atoms with van der Waals surface area (Å²) in [6.45, 7) is 30.4. The summed E-state index contributed by atoms with van der Waals surface area (Å²) in [5.41, 5.74) is -4.83. The Morgan fingerprint density at radius 3 is 1.24 bits per heavy atom. The van der Waals surface area contributed by atoms with Crippen LogP contribution in [0.1, 0.15) is 175 Å². The maximum atomic E-state index is 13.7. The van der Waals surface area contributed by atoms with Gasteiger partial charge in [0.05, 0.1) is 10.8 Å². The van der Waals surface area contributed by atoms with Crippen LogP contribution in [-0.2, 0) is 48.0 Å². The molecular weight excluding hydrogens is 797 g/mol.